The second-order valence-electron chi connectivity index (χ2n) is 3.68. The van der Waals surface area contributed by atoms with Crippen molar-refractivity contribution in [3.8, 4) is 0 Å². The Bertz CT molecular complexity index is 302. The van der Waals surface area contributed by atoms with Crippen LogP contribution >= 0.6 is 0 Å². The van der Waals surface area contributed by atoms with Gasteiger partial charge >= 0.3 is 0 Å². The SMILES string of the molecule is Cc1ccc(NCCCCCO)cc1F. The lowest BCUT2D eigenvalue weighted by atomic mass is 10.2. The average Bonchev–Trinajstić information content (AvgIpc) is 2.23. The van der Waals surface area contributed by atoms with Crippen molar-refractivity contribution in [3.63, 3.8) is 0 Å². The molecule has 0 fully saturated rings. The minimum atomic E-state index is -0.171. The van der Waals surface area contributed by atoms with Gasteiger partial charge in [0.15, 0.2) is 0 Å². The summed E-state index contributed by atoms with van der Waals surface area (Å²) >= 11 is 0. The van der Waals surface area contributed by atoms with Crippen LogP contribution in [0.1, 0.15) is 24.8 Å². The molecular formula is C12H18FNO. The van der Waals surface area contributed by atoms with Gasteiger partial charge in [-0.25, -0.2) is 4.39 Å². The number of rotatable bonds is 6. The summed E-state index contributed by atoms with van der Waals surface area (Å²) in [7, 11) is 0. The number of nitrogens with one attached hydrogen (secondary N) is 1. The van der Waals surface area contributed by atoms with Gasteiger partial charge in [0.2, 0.25) is 0 Å². The zero-order valence-electron chi connectivity index (χ0n) is 9.09. The van der Waals surface area contributed by atoms with Crippen LogP contribution in [-0.2, 0) is 0 Å². The predicted octanol–water partition coefficient (Wildman–Crippen LogP) is 2.71. The first-order valence-corrected chi connectivity index (χ1v) is 5.35. The minimum Gasteiger partial charge on any atom is -0.396 e. The summed E-state index contributed by atoms with van der Waals surface area (Å²) in [4.78, 5) is 0. The highest BCUT2D eigenvalue weighted by Crippen LogP contribution is 2.13. The van der Waals surface area contributed by atoms with Crippen LogP contribution in [0.5, 0.6) is 0 Å². The fourth-order valence-corrected chi connectivity index (χ4v) is 1.35. The standard InChI is InChI=1S/C12H18FNO/c1-10-5-6-11(9-12(10)13)14-7-3-2-4-8-15/h5-6,9,14-15H,2-4,7-8H2,1H3. The molecule has 0 aromatic heterocycles. The maximum Gasteiger partial charge on any atom is 0.128 e. The van der Waals surface area contributed by atoms with Crippen LogP contribution in [-0.4, -0.2) is 18.3 Å². The largest absolute Gasteiger partial charge is 0.396 e. The Balaban J connectivity index is 2.28. The van der Waals surface area contributed by atoms with Gasteiger partial charge in [-0.15, -0.1) is 0 Å². The smallest absolute Gasteiger partial charge is 0.128 e. The third-order valence-electron chi connectivity index (χ3n) is 2.34. The Hall–Kier alpha value is -1.09. The van der Waals surface area contributed by atoms with E-state index in [0.717, 1.165) is 31.5 Å². The topological polar surface area (TPSA) is 32.3 Å². The summed E-state index contributed by atoms with van der Waals surface area (Å²) in [6, 6.07) is 5.16. The lowest BCUT2D eigenvalue weighted by Gasteiger charge is -2.06. The molecule has 2 N–H and O–H groups in total. The molecule has 84 valence electrons. The summed E-state index contributed by atoms with van der Waals surface area (Å²) in [6.07, 6.45) is 2.83. The van der Waals surface area contributed by atoms with Crippen LogP contribution in [0.4, 0.5) is 10.1 Å². The van der Waals surface area contributed by atoms with Gasteiger partial charge in [0.25, 0.3) is 0 Å². The maximum atomic E-state index is 13.1. The highest BCUT2D eigenvalue weighted by Gasteiger charge is 1.98. The monoisotopic (exact) mass is 211 g/mol. The molecule has 0 amide bonds. The Morgan fingerprint density at radius 2 is 2.07 bits per heavy atom. The molecule has 0 atom stereocenters. The number of benzene rings is 1. The number of unbranched alkanes of at least 4 members (excludes halogenated alkanes) is 2. The molecule has 0 aliphatic heterocycles. The number of hydrogen-bond donors (Lipinski definition) is 2. The fourth-order valence-electron chi connectivity index (χ4n) is 1.35. The Morgan fingerprint density at radius 3 is 2.73 bits per heavy atom. The molecule has 3 heteroatoms. The van der Waals surface area contributed by atoms with Gasteiger partial charge in [0, 0.05) is 18.8 Å². The van der Waals surface area contributed by atoms with Crippen molar-refractivity contribution < 1.29 is 9.50 Å². The van der Waals surface area contributed by atoms with Crippen LogP contribution in [0.3, 0.4) is 0 Å². The quantitative estimate of drug-likeness (QED) is 0.709. The van der Waals surface area contributed by atoms with Crippen molar-refractivity contribution in [1.82, 2.24) is 0 Å². The van der Waals surface area contributed by atoms with Gasteiger partial charge < -0.3 is 10.4 Å². The van der Waals surface area contributed by atoms with Crippen LogP contribution < -0.4 is 5.32 Å². The molecule has 0 bridgehead atoms. The number of halogens is 1. The number of aryl methyl sites for hydroxylation is 1. The Labute approximate surface area is 90.1 Å². The molecule has 0 unspecified atom stereocenters. The molecule has 2 nitrogen and oxygen atoms in total. The molecule has 0 radical (unpaired) electrons. The highest BCUT2D eigenvalue weighted by atomic mass is 19.1. The molecule has 0 saturated carbocycles. The average molecular weight is 211 g/mol. The van der Waals surface area contributed by atoms with E-state index in [4.69, 9.17) is 5.11 Å². The molecule has 1 aromatic rings. The number of hydrogen-bond acceptors (Lipinski definition) is 2. The van der Waals surface area contributed by atoms with E-state index < -0.39 is 0 Å². The second kappa shape index (κ2) is 6.40. The van der Waals surface area contributed by atoms with Crippen molar-refractivity contribution in [2.75, 3.05) is 18.5 Å². The van der Waals surface area contributed by atoms with E-state index >= 15 is 0 Å². The van der Waals surface area contributed by atoms with Crippen molar-refractivity contribution in [3.05, 3.63) is 29.6 Å². The third kappa shape index (κ3) is 4.30. The van der Waals surface area contributed by atoms with Gasteiger partial charge in [0.1, 0.15) is 5.82 Å². The molecule has 0 aliphatic carbocycles. The Morgan fingerprint density at radius 1 is 1.27 bits per heavy atom. The first-order chi connectivity index (χ1) is 7.24. The molecule has 0 saturated heterocycles. The second-order valence-corrected chi connectivity index (χ2v) is 3.68. The normalized spacial score (nSPS) is 10.3. The highest BCUT2D eigenvalue weighted by molar-refractivity contribution is 5.44. The van der Waals surface area contributed by atoms with Gasteiger partial charge in [-0.2, -0.15) is 0 Å². The van der Waals surface area contributed by atoms with Gasteiger partial charge in [-0.3, -0.25) is 0 Å². The van der Waals surface area contributed by atoms with E-state index in [-0.39, 0.29) is 12.4 Å². The summed E-state index contributed by atoms with van der Waals surface area (Å²) < 4.78 is 13.1. The van der Waals surface area contributed by atoms with Gasteiger partial charge in [0.05, 0.1) is 0 Å². The summed E-state index contributed by atoms with van der Waals surface area (Å²) in [6.45, 7) is 2.82. The molecule has 0 heterocycles. The lowest BCUT2D eigenvalue weighted by molar-refractivity contribution is 0.283. The molecular weight excluding hydrogens is 193 g/mol. The van der Waals surface area contributed by atoms with Crippen LogP contribution in [0.2, 0.25) is 0 Å². The molecule has 15 heavy (non-hydrogen) atoms. The van der Waals surface area contributed by atoms with Crippen LogP contribution in [0, 0.1) is 12.7 Å². The number of anilines is 1. The molecule has 0 spiro atoms. The first-order valence-electron chi connectivity index (χ1n) is 5.35. The van der Waals surface area contributed by atoms with E-state index in [1.54, 1.807) is 13.0 Å². The van der Waals surface area contributed by atoms with Crippen molar-refractivity contribution >= 4 is 5.69 Å². The first kappa shape index (κ1) is 12.0. The summed E-state index contributed by atoms with van der Waals surface area (Å²) in [5.41, 5.74) is 1.49. The summed E-state index contributed by atoms with van der Waals surface area (Å²) in [5, 5.41) is 11.7. The number of aliphatic hydroxyl groups is 1. The van der Waals surface area contributed by atoms with Crippen LogP contribution in [0.25, 0.3) is 0 Å². The van der Waals surface area contributed by atoms with E-state index in [1.165, 1.54) is 6.07 Å². The van der Waals surface area contributed by atoms with Crippen molar-refractivity contribution in [1.29, 1.82) is 0 Å². The Kier molecular flexibility index (Phi) is 5.12. The molecule has 0 aliphatic rings. The fraction of sp³-hybridized carbons (Fsp3) is 0.500. The van der Waals surface area contributed by atoms with E-state index in [0.29, 0.717) is 5.56 Å². The van der Waals surface area contributed by atoms with Crippen molar-refractivity contribution in [2.24, 2.45) is 0 Å². The summed E-state index contributed by atoms with van der Waals surface area (Å²) in [5.74, 6) is -0.171. The van der Waals surface area contributed by atoms with Gasteiger partial charge in [-0.1, -0.05) is 6.07 Å². The number of aliphatic hydroxyl groups excluding tert-OH is 1. The van der Waals surface area contributed by atoms with Crippen LogP contribution in [0.15, 0.2) is 18.2 Å². The molecule has 1 aromatic carbocycles. The van der Waals surface area contributed by atoms with Gasteiger partial charge in [-0.05, 0) is 43.9 Å². The molecule has 1 rings (SSSR count). The predicted molar refractivity (Wildman–Crippen MR) is 60.6 cm³/mol. The zero-order valence-corrected chi connectivity index (χ0v) is 9.09. The third-order valence-corrected chi connectivity index (χ3v) is 2.34. The van der Waals surface area contributed by atoms with Crippen molar-refractivity contribution in [2.45, 2.75) is 26.2 Å². The van der Waals surface area contributed by atoms with E-state index in [9.17, 15) is 4.39 Å². The minimum absolute atomic E-state index is 0.171. The lowest BCUT2D eigenvalue weighted by Crippen LogP contribution is -2.02. The zero-order chi connectivity index (χ0) is 11.1. The maximum absolute atomic E-state index is 13.1. The van der Waals surface area contributed by atoms with E-state index in [2.05, 4.69) is 5.32 Å². The van der Waals surface area contributed by atoms with E-state index in [1.807, 2.05) is 6.07 Å².